The average Bonchev–Trinajstić information content (AvgIpc) is 2.71. The number of carbonyl (C=O) groups excluding carboxylic acids is 1. The third kappa shape index (κ3) is 4.16. The van der Waals surface area contributed by atoms with Crippen molar-refractivity contribution in [2.24, 2.45) is 7.05 Å². The van der Waals surface area contributed by atoms with E-state index in [-0.39, 0.29) is 22.8 Å². The number of rotatable bonds is 6. The van der Waals surface area contributed by atoms with E-state index in [2.05, 4.69) is 6.58 Å². The molecule has 0 fully saturated rings. The Hall–Kier alpha value is -3.54. The molecule has 1 heterocycles. The van der Waals surface area contributed by atoms with Gasteiger partial charge in [-0.3, -0.25) is 9.59 Å². The zero-order chi connectivity index (χ0) is 21.1. The fourth-order valence-corrected chi connectivity index (χ4v) is 2.97. The second-order valence-corrected chi connectivity index (χ2v) is 6.48. The highest BCUT2D eigenvalue weighted by molar-refractivity contribution is 6.05. The molecular formula is C23H19F2NO3. The SMILES string of the molecule is C=CC(=O)c1ccc(Oc2ccc(F)cc2F)c(-c2cc(CC)c(=O)n(C)c2)c1. The van der Waals surface area contributed by atoms with Crippen molar-refractivity contribution in [3.63, 3.8) is 0 Å². The lowest BCUT2D eigenvalue weighted by atomic mass is 9.99. The van der Waals surface area contributed by atoms with Gasteiger partial charge >= 0.3 is 0 Å². The Morgan fingerprint density at radius 3 is 2.52 bits per heavy atom. The van der Waals surface area contributed by atoms with Gasteiger partial charge in [0.2, 0.25) is 0 Å². The molecule has 3 rings (SSSR count). The van der Waals surface area contributed by atoms with Gasteiger partial charge in [-0.15, -0.1) is 0 Å². The highest BCUT2D eigenvalue weighted by atomic mass is 19.1. The van der Waals surface area contributed by atoms with Gasteiger partial charge in [0.15, 0.2) is 17.3 Å². The summed E-state index contributed by atoms with van der Waals surface area (Å²) in [5.41, 5.74) is 1.95. The van der Waals surface area contributed by atoms with Crippen LogP contribution < -0.4 is 10.3 Å². The summed E-state index contributed by atoms with van der Waals surface area (Å²) < 4.78 is 34.4. The van der Waals surface area contributed by atoms with Crippen LogP contribution in [0.25, 0.3) is 11.1 Å². The van der Waals surface area contributed by atoms with Crippen molar-refractivity contribution in [2.45, 2.75) is 13.3 Å². The van der Waals surface area contributed by atoms with Crippen molar-refractivity contribution < 1.29 is 18.3 Å². The Morgan fingerprint density at radius 2 is 1.86 bits per heavy atom. The van der Waals surface area contributed by atoms with Crippen molar-refractivity contribution in [3.8, 4) is 22.6 Å². The summed E-state index contributed by atoms with van der Waals surface area (Å²) in [5, 5.41) is 0. The second kappa shape index (κ2) is 8.22. The number of aromatic nitrogens is 1. The monoisotopic (exact) mass is 395 g/mol. The average molecular weight is 395 g/mol. The first-order chi connectivity index (χ1) is 13.8. The molecule has 0 aliphatic carbocycles. The summed E-state index contributed by atoms with van der Waals surface area (Å²) in [7, 11) is 1.63. The van der Waals surface area contributed by atoms with E-state index in [1.54, 1.807) is 25.4 Å². The number of benzene rings is 2. The molecule has 0 spiro atoms. The van der Waals surface area contributed by atoms with Gasteiger partial charge in [-0.05, 0) is 48.9 Å². The molecule has 1 aromatic heterocycles. The maximum Gasteiger partial charge on any atom is 0.253 e. The van der Waals surface area contributed by atoms with Gasteiger partial charge in [0.25, 0.3) is 5.56 Å². The quantitative estimate of drug-likeness (QED) is 0.433. The Bertz CT molecular complexity index is 1170. The molecule has 0 radical (unpaired) electrons. The van der Waals surface area contributed by atoms with Crippen LogP contribution in [0.15, 0.2) is 66.1 Å². The molecule has 6 heteroatoms. The Morgan fingerprint density at radius 1 is 1.14 bits per heavy atom. The van der Waals surface area contributed by atoms with Gasteiger partial charge in [-0.2, -0.15) is 0 Å². The van der Waals surface area contributed by atoms with E-state index < -0.39 is 11.6 Å². The van der Waals surface area contributed by atoms with Crippen LogP contribution in [-0.2, 0) is 13.5 Å². The molecule has 0 aliphatic heterocycles. The summed E-state index contributed by atoms with van der Waals surface area (Å²) in [6.07, 6.45) is 3.33. The summed E-state index contributed by atoms with van der Waals surface area (Å²) >= 11 is 0. The van der Waals surface area contributed by atoms with Crippen LogP contribution in [0.3, 0.4) is 0 Å². The first-order valence-corrected chi connectivity index (χ1v) is 8.97. The molecule has 0 N–H and O–H groups in total. The summed E-state index contributed by atoms with van der Waals surface area (Å²) in [4.78, 5) is 24.3. The van der Waals surface area contributed by atoms with Gasteiger partial charge in [0.05, 0.1) is 0 Å². The number of halogens is 2. The van der Waals surface area contributed by atoms with Crippen LogP contribution >= 0.6 is 0 Å². The first-order valence-electron chi connectivity index (χ1n) is 8.97. The molecule has 29 heavy (non-hydrogen) atoms. The van der Waals surface area contributed by atoms with Crippen molar-refractivity contribution in [2.75, 3.05) is 0 Å². The molecule has 0 saturated carbocycles. The molecule has 4 nitrogen and oxygen atoms in total. The third-order valence-electron chi connectivity index (χ3n) is 4.51. The van der Waals surface area contributed by atoms with Crippen molar-refractivity contribution in [1.29, 1.82) is 0 Å². The van der Waals surface area contributed by atoms with Crippen LogP contribution in [-0.4, -0.2) is 10.4 Å². The molecule has 0 atom stereocenters. The van der Waals surface area contributed by atoms with E-state index in [1.807, 2.05) is 6.92 Å². The minimum atomic E-state index is -0.850. The zero-order valence-corrected chi connectivity index (χ0v) is 16.0. The van der Waals surface area contributed by atoms with E-state index in [9.17, 15) is 18.4 Å². The van der Waals surface area contributed by atoms with E-state index >= 15 is 0 Å². The Labute approximate surface area is 166 Å². The minimum absolute atomic E-state index is 0.124. The first kappa shape index (κ1) is 20.2. The van der Waals surface area contributed by atoms with Gasteiger partial charge < -0.3 is 9.30 Å². The normalized spacial score (nSPS) is 10.6. The molecule has 0 amide bonds. The van der Waals surface area contributed by atoms with Gasteiger partial charge in [-0.1, -0.05) is 13.5 Å². The lowest BCUT2D eigenvalue weighted by Gasteiger charge is -2.15. The summed E-state index contributed by atoms with van der Waals surface area (Å²) in [6, 6.07) is 9.39. The third-order valence-corrected chi connectivity index (χ3v) is 4.51. The van der Waals surface area contributed by atoms with E-state index in [0.29, 0.717) is 28.7 Å². The molecule has 2 aromatic carbocycles. The highest BCUT2D eigenvalue weighted by Crippen LogP contribution is 2.35. The predicted molar refractivity (Wildman–Crippen MR) is 107 cm³/mol. The molecule has 0 aliphatic rings. The smallest absolute Gasteiger partial charge is 0.253 e. The number of aryl methyl sites for hydroxylation is 2. The number of carbonyl (C=O) groups is 1. The van der Waals surface area contributed by atoms with Crippen molar-refractivity contribution >= 4 is 5.78 Å². The molecule has 0 unspecified atom stereocenters. The second-order valence-electron chi connectivity index (χ2n) is 6.48. The van der Waals surface area contributed by atoms with Crippen molar-refractivity contribution in [3.05, 3.63) is 94.4 Å². The maximum absolute atomic E-state index is 14.1. The fraction of sp³-hybridized carbons (Fsp3) is 0.130. The highest BCUT2D eigenvalue weighted by Gasteiger charge is 2.15. The Kier molecular flexibility index (Phi) is 5.73. The van der Waals surface area contributed by atoms with E-state index in [4.69, 9.17) is 4.74 Å². The number of pyridine rings is 1. The zero-order valence-electron chi connectivity index (χ0n) is 16.0. The number of nitrogens with zero attached hydrogens (tertiary/aromatic N) is 1. The maximum atomic E-state index is 14.1. The topological polar surface area (TPSA) is 48.3 Å². The largest absolute Gasteiger partial charge is 0.454 e. The van der Waals surface area contributed by atoms with Crippen LogP contribution in [0.2, 0.25) is 0 Å². The Balaban J connectivity index is 2.19. The van der Waals surface area contributed by atoms with Crippen molar-refractivity contribution in [1.82, 2.24) is 4.57 Å². The standard InChI is InChI=1S/C23H19F2NO3/c1-4-14-10-16(13-26(3)23(14)28)18-11-15(20(27)5-2)6-8-21(18)29-22-9-7-17(24)12-19(22)25/h5-13H,2,4H2,1,3H3. The van der Waals surface area contributed by atoms with E-state index in [0.717, 1.165) is 12.1 Å². The summed E-state index contributed by atoms with van der Waals surface area (Å²) in [5.74, 6) is -1.75. The lowest BCUT2D eigenvalue weighted by Crippen LogP contribution is -2.20. The van der Waals surface area contributed by atoms with Crippen LogP contribution in [0.5, 0.6) is 11.5 Å². The lowest BCUT2D eigenvalue weighted by molar-refractivity contribution is 0.104. The van der Waals surface area contributed by atoms with Gasteiger partial charge in [-0.25, -0.2) is 8.78 Å². The van der Waals surface area contributed by atoms with Gasteiger partial charge in [0.1, 0.15) is 11.6 Å². The predicted octanol–water partition coefficient (Wildman–Crippen LogP) is 5.05. The summed E-state index contributed by atoms with van der Waals surface area (Å²) in [6.45, 7) is 5.36. The van der Waals surface area contributed by atoms with Crippen LogP contribution in [0.1, 0.15) is 22.8 Å². The number of ether oxygens (including phenoxy) is 1. The van der Waals surface area contributed by atoms with Gasteiger partial charge in [0, 0.05) is 41.6 Å². The number of allylic oxidation sites excluding steroid dienone is 1. The number of hydrogen-bond donors (Lipinski definition) is 0. The molecule has 148 valence electrons. The minimum Gasteiger partial charge on any atom is -0.454 e. The molecule has 0 saturated heterocycles. The van der Waals surface area contributed by atoms with Crippen LogP contribution in [0.4, 0.5) is 8.78 Å². The van der Waals surface area contributed by atoms with Crippen LogP contribution in [0, 0.1) is 11.6 Å². The fourth-order valence-electron chi connectivity index (χ4n) is 2.97. The molecular weight excluding hydrogens is 376 g/mol. The number of hydrogen-bond acceptors (Lipinski definition) is 3. The van der Waals surface area contributed by atoms with E-state index in [1.165, 1.54) is 28.8 Å². The molecule has 3 aromatic rings. The molecule has 0 bridgehead atoms. The number of ketones is 1.